The van der Waals surface area contributed by atoms with Crippen LogP contribution in [0.3, 0.4) is 0 Å². The van der Waals surface area contributed by atoms with Crippen molar-refractivity contribution in [3.8, 4) is 6.07 Å². The summed E-state index contributed by atoms with van der Waals surface area (Å²) in [5, 5.41) is 12.5. The summed E-state index contributed by atoms with van der Waals surface area (Å²) in [5.41, 5.74) is 2.39. The molecule has 0 fully saturated rings. The van der Waals surface area contributed by atoms with Crippen LogP contribution in [0.15, 0.2) is 22.5 Å². The highest BCUT2D eigenvalue weighted by molar-refractivity contribution is 7.16. The van der Waals surface area contributed by atoms with Gasteiger partial charge in [-0.1, -0.05) is 26.8 Å². The van der Waals surface area contributed by atoms with Gasteiger partial charge >= 0.3 is 0 Å². The predicted octanol–water partition coefficient (Wildman–Crippen LogP) is 5.58. The molecule has 22 heavy (non-hydrogen) atoms. The zero-order valence-corrected chi connectivity index (χ0v) is 14.9. The van der Waals surface area contributed by atoms with Gasteiger partial charge in [-0.2, -0.15) is 5.26 Å². The Kier molecular flexibility index (Phi) is 4.20. The van der Waals surface area contributed by atoms with Crippen LogP contribution in [0.5, 0.6) is 0 Å². The Hall–Kier alpha value is -1.44. The van der Waals surface area contributed by atoms with E-state index in [1.165, 1.54) is 16.9 Å². The third kappa shape index (κ3) is 3.02. The summed E-state index contributed by atoms with van der Waals surface area (Å²) in [5.74, 6) is 0.694. The Bertz CT molecular complexity index is 724. The standard InChI is InChI=1S/C18H20N2S2/c1-18(2,3)12-6-7-14-15(10-19)17(22-16(14)9-12)20-11-13-5-4-8-21-13/h4-5,8,11-12H,6-7,9H2,1-3H3/b20-11+. The van der Waals surface area contributed by atoms with E-state index in [2.05, 4.69) is 31.8 Å². The Morgan fingerprint density at radius 1 is 1.41 bits per heavy atom. The first-order chi connectivity index (χ1) is 10.5. The van der Waals surface area contributed by atoms with Gasteiger partial charge in [0, 0.05) is 16.0 Å². The average molecular weight is 329 g/mol. The molecule has 0 amide bonds. The second-order valence-corrected chi connectivity index (χ2v) is 8.94. The third-order valence-electron chi connectivity index (χ3n) is 4.44. The fourth-order valence-corrected chi connectivity index (χ4v) is 4.81. The van der Waals surface area contributed by atoms with E-state index in [1.807, 2.05) is 23.7 Å². The van der Waals surface area contributed by atoms with Gasteiger partial charge in [-0.3, -0.25) is 0 Å². The fourth-order valence-electron chi connectivity index (χ4n) is 3.00. The van der Waals surface area contributed by atoms with Crippen LogP contribution in [0.4, 0.5) is 5.00 Å². The summed E-state index contributed by atoms with van der Waals surface area (Å²) in [6.07, 6.45) is 5.16. The second kappa shape index (κ2) is 5.98. The van der Waals surface area contributed by atoms with Crippen LogP contribution in [0.1, 0.15) is 48.1 Å². The van der Waals surface area contributed by atoms with Gasteiger partial charge in [-0.05, 0) is 47.6 Å². The number of thiophene rings is 2. The minimum Gasteiger partial charge on any atom is -0.243 e. The summed E-state index contributed by atoms with van der Waals surface area (Å²) < 4.78 is 0. The molecule has 0 aliphatic heterocycles. The van der Waals surface area contributed by atoms with Crippen LogP contribution < -0.4 is 0 Å². The number of hydrogen-bond donors (Lipinski definition) is 0. The number of rotatable bonds is 2. The highest BCUT2D eigenvalue weighted by Crippen LogP contribution is 2.44. The van der Waals surface area contributed by atoms with Gasteiger partial charge in [-0.25, -0.2) is 4.99 Å². The van der Waals surface area contributed by atoms with Crippen molar-refractivity contribution in [1.82, 2.24) is 0 Å². The zero-order valence-electron chi connectivity index (χ0n) is 13.2. The summed E-state index contributed by atoms with van der Waals surface area (Å²) >= 11 is 3.38. The number of nitriles is 1. The van der Waals surface area contributed by atoms with Crippen molar-refractivity contribution in [2.75, 3.05) is 0 Å². The number of hydrogen-bond acceptors (Lipinski definition) is 4. The minimum absolute atomic E-state index is 0.328. The van der Waals surface area contributed by atoms with E-state index in [0.717, 1.165) is 28.3 Å². The van der Waals surface area contributed by atoms with Crippen LogP contribution in [-0.2, 0) is 12.8 Å². The molecule has 0 bridgehead atoms. The molecule has 3 rings (SSSR count). The van der Waals surface area contributed by atoms with Crippen LogP contribution in [0, 0.1) is 22.7 Å². The van der Waals surface area contributed by atoms with Crippen molar-refractivity contribution in [3.05, 3.63) is 38.4 Å². The Morgan fingerprint density at radius 3 is 2.86 bits per heavy atom. The van der Waals surface area contributed by atoms with Gasteiger partial charge in [0.2, 0.25) is 0 Å². The van der Waals surface area contributed by atoms with Crippen LogP contribution in [0.2, 0.25) is 0 Å². The molecule has 0 radical (unpaired) electrons. The first kappa shape index (κ1) is 15.5. The van der Waals surface area contributed by atoms with Crippen LogP contribution >= 0.6 is 22.7 Å². The molecule has 0 aromatic carbocycles. The Morgan fingerprint density at radius 2 is 2.23 bits per heavy atom. The molecule has 1 unspecified atom stereocenters. The molecule has 0 saturated carbocycles. The first-order valence-corrected chi connectivity index (χ1v) is 9.31. The van der Waals surface area contributed by atoms with Gasteiger partial charge in [0.05, 0.1) is 5.56 Å². The van der Waals surface area contributed by atoms with Gasteiger partial charge in [-0.15, -0.1) is 22.7 Å². The molecule has 2 aromatic rings. The number of nitrogens with zero attached hydrogens (tertiary/aromatic N) is 2. The molecule has 2 heterocycles. The third-order valence-corrected chi connectivity index (χ3v) is 6.40. The van der Waals surface area contributed by atoms with Crippen molar-refractivity contribution >= 4 is 33.9 Å². The van der Waals surface area contributed by atoms with Crippen molar-refractivity contribution < 1.29 is 0 Å². The molecular weight excluding hydrogens is 308 g/mol. The quantitative estimate of drug-likeness (QED) is 0.663. The molecule has 1 aliphatic rings. The van der Waals surface area contributed by atoms with E-state index in [0.29, 0.717) is 11.3 Å². The molecule has 2 aromatic heterocycles. The highest BCUT2D eigenvalue weighted by Gasteiger charge is 2.32. The lowest BCUT2D eigenvalue weighted by Gasteiger charge is -2.33. The monoisotopic (exact) mass is 328 g/mol. The maximum atomic E-state index is 9.53. The fraction of sp³-hybridized carbons (Fsp3) is 0.444. The lowest BCUT2D eigenvalue weighted by Crippen LogP contribution is -2.26. The van der Waals surface area contributed by atoms with Crippen LogP contribution in [-0.4, -0.2) is 6.21 Å². The number of fused-ring (bicyclic) bond motifs is 1. The molecule has 0 spiro atoms. The topological polar surface area (TPSA) is 36.1 Å². The SMILES string of the molecule is CC(C)(C)C1CCc2c(sc(/N=C/c3cccs3)c2C#N)C1. The van der Waals surface area contributed by atoms with Gasteiger partial charge in [0.25, 0.3) is 0 Å². The number of aliphatic imine (C=N–C) groups is 1. The summed E-state index contributed by atoms with van der Waals surface area (Å²) in [4.78, 5) is 7.10. The van der Waals surface area contributed by atoms with Crippen molar-refractivity contribution in [2.24, 2.45) is 16.3 Å². The van der Waals surface area contributed by atoms with Gasteiger partial charge in [0.15, 0.2) is 0 Å². The molecule has 1 aliphatic carbocycles. The first-order valence-electron chi connectivity index (χ1n) is 7.61. The van der Waals surface area contributed by atoms with Crippen molar-refractivity contribution in [2.45, 2.75) is 40.0 Å². The van der Waals surface area contributed by atoms with E-state index in [1.54, 1.807) is 22.7 Å². The maximum Gasteiger partial charge on any atom is 0.134 e. The molecule has 4 heteroatoms. The maximum absolute atomic E-state index is 9.53. The van der Waals surface area contributed by atoms with Gasteiger partial charge < -0.3 is 0 Å². The summed E-state index contributed by atoms with van der Waals surface area (Å²) in [6.45, 7) is 6.95. The van der Waals surface area contributed by atoms with E-state index in [9.17, 15) is 5.26 Å². The smallest absolute Gasteiger partial charge is 0.134 e. The predicted molar refractivity (Wildman–Crippen MR) is 95.6 cm³/mol. The molecular formula is C18H20N2S2. The lowest BCUT2D eigenvalue weighted by atomic mass is 9.72. The van der Waals surface area contributed by atoms with Crippen molar-refractivity contribution in [1.29, 1.82) is 5.26 Å². The Labute approximate surface area is 140 Å². The summed E-state index contributed by atoms with van der Waals surface area (Å²) in [7, 11) is 0. The molecule has 0 N–H and O–H groups in total. The van der Waals surface area contributed by atoms with Crippen molar-refractivity contribution in [3.63, 3.8) is 0 Å². The normalized spacial score (nSPS) is 18.4. The molecule has 114 valence electrons. The molecule has 0 saturated heterocycles. The van der Waals surface area contributed by atoms with E-state index < -0.39 is 0 Å². The average Bonchev–Trinajstić information content (AvgIpc) is 3.10. The van der Waals surface area contributed by atoms with Gasteiger partial charge in [0.1, 0.15) is 11.1 Å². The minimum atomic E-state index is 0.328. The Balaban J connectivity index is 1.91. The zero-order chi connectivity index (χ0) is 15.7. The van der Waals surface area contributed by atoms with E-state index in [-0.39, 0.29) is 0 Å². The second-order valence-electron chi connectivity index (χ2n) is 6.88. The van der Waals surface area contributed by atoms with E-state index in [4.69, 9.17) is 0 Å². The van der Waals surface area contributed by atoms with Crippen LogP contribution in [0.25, 0.3) is 0 Å². The largest absolute Gasteiger partial charge is 0.243 e. The van der Waals surface area contributed by atoms with E-state index >= 15 is 0 Å². The highest BCUT2D eigenvalue weighted by atomic mass is 32.1. The molecule has 2 nitrogen and oxygen atoms in total. The summed E-state index contributed by atoms with van der Waals surface area (Å²) in [6, 6.07) is 6.45. The lowest BCUT2D eigenvalue weighted by molar-refractivity contribution is 0.218. The molecule has 1 atom stereocenters.